The lowest BCUT2D eigenvalue weighted by atomic mass is 10.2. The predicted molar refractivity (Wildman–Crippen MR) is 80.9 cm³/mol. The van der Waals surface area contributed by atoms with E-state index in [-0.39, 0.29) is 12.5 Å². The monoisotopic (exact) mass is 294 g/mol. The van der Waals surface area contributed by atoms with E-state index in [9.17, 15) is 9.59 Å². The van der Waals surface area contributed by atoms with Crippen LogP contribution in [0.4, 0.5) is 10.5 Å². The SMILES string of the molecule is COc1ccc(C)cc1NC(=O)NCCCCCC(=O)O. The smallest absolute Gasteiger partial charge is 0.319 e. The summed E-state index contributed by atoms with van der Waals surface area (Å²) >= 11 is 0. The first-order valence-electron chi connectivity index (χ1n) is 6.94. The number of ether oxygens (including phenoxy) is 1. The molecule has 0 bridgehead atoms. The minimum Gasteiger partial charge on any atom is -0.495 e. The summed E-state index contributed by atoms with van der Waals surface area (Å²) in [6, 6.07) is 5.25. The number of hydrogen-bond acceptors (Lipinski definition) is 3. The standard InChI is InChI=1S/C15H22N2O4/c1-11-7-8-13(21-2)12(10-11)17-15(20)16-9-5-3-4-6-14(18)19/h7-8,10H,3-6,9H2,1-2H3,(H,18,19)(H2,16,17,20). The second-order valence-corrected chi connectivity index (χ2v) is 4.79. The number of urea groups is 1. The van der Waals surface area contributed by atoms with Crippen molar-refractivity contribution in [3.8, 4) is 5.75 Å². The van der Waals surface area contributed by atoms with E-state index >= 15 is 0 Å². The highest BCUT2D eigenvalue weighted by Gasteiger charge is 2.07. The molecule has 0 saturated carbocycles. The molecule has 2 amide bonds. The van der Waals surface area contributed by atoms with E-state index < -0.39 is 5.97 Å². The summed E-state index contributed by atoms with van der Waals surface area (Å²) < 4.78 is 5.18. The Kier molecular flexibility index (Phi) is 7.08. The van der Waals surface area contributed by atoms with Crippen LogP contribution in [-0.4, -0.2) is 30.8 Å². The highest BCUT2D eigenvalue weighted by Crippen LogP contribution is 2.24. The molecule has 0 saturated heterocycles. The maximum Gasteiger partial charge on any atom is 0.319 e. The van der Waals surface area contributed by atoms with Crippen LogP contribution in [0.1, 0.15) is 31.2 Å². The van der Waals surface area contributed by atoms with Crippen molar-refractivity contribution in [3.05, 3.63) is 23.8 Å². The van der Waals surface area contributed by atoms with Crippen LogP contribution < -0.4 is 15.4 Å². The number of aryl methyl sites for hydroxylation is 1. The van der Waals surface area contributed by atoms with Gasteiger partial charge in [-0.15, -0.1) is 0 Å². The van der Waals surface area contributed by atoms with Crippen LogP contribution in [0.5, 0.6) is 5.75 Å². The molecule has 0 aliphatic rings. The van der Waals surface area contributed by atoms with E-state index in [1.807, 2.05) is 19.1 Å². The molecule has 0 heterocycles. The summed E-state index contributed by atoms with van der Waals surface area (Å²) in [7, 11) is 1.55. The number of carboxylic acid groups (broad SMARTS) is 1. The number of benzene rings is 1. The van der Waals surface area contributed by atoms with Gasteiger partial charge in [-0.25, -0.2) is 4.79 Å². The largest absolute Gasteiger partial charge is 0.495 e. The molecular formula is C15H22N2O4. The third-order valence-electron chi connectivity index (χ3n) is 2.96. The van der Waals surface area contributed by atoms with Crippen molar-refractivity contribution in [2.75, 3.05) is 19.0 Å². The fourth-order valence-electron chi connectivity index (χ4n) is 1.87. The second-order valence-electron chi connectivity index (χ2n) is 4.79. The van der Waals surface area contributed by atoms with Crippen LogP contribution in [0.25, 0.3) is 0 Å². The molecule has 1 aromatic rings. The molecular weight excluding hydrogens is 272 g/mol. The van der Waals surface area contributed by atoms with Crippen LogP contribution in [0.2, 0.25) is 0 Å². The van der Waals surface area contributed by atoms with E-state index in [2.05, 4.69) is 10.6 Å². The normalized spacial score (nSPS) is 10.0. The molecule has 0 atom stereocenters. The number of methoxy groups -OCH3 is 1. The number of carbonyl (C=O) groups is 2. The lowest BCUT2D eigenvalue weighted by molar-refractivity contribution is -0.137. The average molecular weight is 294 g/mol. The summed E-state index contributed by atoms with van der Waals surface area (Å²) in [5, 5.41) is 14.0. The van der Waals surface area contributed by atoms with Crippen molar-refractivity contribution in [1.29, 1.82) is 0 Å². The Morgan fingerprint density at radius 2 is 2.00 bits per heavy atom. The highest BCUT2D eigenvalue weighted by atomic mass is 16.5. The molecule has 0 aliphatic heterocycles. The zero-order chi connectivity index (χ0) is 15.7. The Hall–Kier alpha value is -2.24. The average Bonchev–Trinajstić information content (AvgIpc) is 2.42. The maximum atomic E-state index is 11.8. The molecule has 0 radical (unpaired) electrons. The summed E-state index contributed by atoms with van der Waals surface area (Å²) in [6.45, 7) is 2.45. The summed E-state index contributed by atoms with van der Waals surface area (Å²) in [5.41, 5.74) is 1.65. The topological polar surface area (TPSA) is 87.7 Å². The molecule has 0 spiro atoms. The quantitative estimate of drug-likeness (QED) is 0.643. The first-order valence-corrected chi connectivity index (χ1v) is 6.94. The summed E-state index contributed by atoms with van der Waals surface area (Å²) in [5.74, 6) is -0.176. The van der Waals surface area contributed by atoms with Gasteiger partial charge >= 0.3 is 12.0 Å². The Morgan fingerprint density at radius 1 is 1.24 bits per heavy atom. The number of unbranched alkanes of at least 4 members (excludes halogenated alkanes) is 2. The van der Waals surface area contributed by atoms with Gasteiger partial charge in [-0.1, -0.05) is 12.5 Å². The molecule has 0 aromatic heterocycles. The molecule has 0 unspecified atom stereocenters. The van der Waals surface area contributed by atoms with Crippen molar-refractivity contribution in [3.63, 3.8) is 0 Å². The number of amides is 2. The lowest BCUT2D eigenvalue weighted by Crippen LogP contribution is -2.29. The molecule has 1 aromatic carbocycles. The Bertz CT molecular complexity index is 489. The van der Waals surface area contributed by atoms with E-state index in [1.165, 1.54) is 0 Å². The fourth-order valence-corrected chi connectivity index (χ4v) is 1.87. The number of aliphatic carboxylic acids is 1. The number of nitrogens with one attached hydrogen (secondary N) is 2. The molecule has 6 nitrogen and oxygen atoms in total. The van der Waals surface area contributed by atoms with Gasteiger partial charge in [0.2, 0.25) is 0 Å². The van der Waals surface area contributed by atoms with Crippen LogP contribution in [0, 0.1) is 6.92 Å². The highest BCUT2D eigenvalue weighted by molar-refractivity contribution is 5.91. The van der Waals surface area contributed by atoms with Gasteiger partial charge in [0.1, 0.15) is 5.75 Å². The summed E-state index contributed by atoms with van der Waals surface area (Å²) in [6.07, 6.45) is 2.34. The van der Waals surface area contributed by atoms with Crippen LogP contribution in [0.3, 0.4) is 0 Å². The predicted octanol–water partition coefficient (Wildman–Crippen LogP) is 2.77. The molecule has 1 rings (SSSR count). The molecule has 0 fully saturated rings. The summed E-state index contributed by atoms with van der Waals surface area (Å²) in [4.78, 5) is 22.1. The molecule has 116 valence electrons. The first-order chi connectivity index (χ1) is 10.0. The molecule has 0 aliphatic carbocycles. The van der Waals surface area contributed by atoms with Gasteiger partial charge in [0, 0.05) is 13.0 Å². The van der Waals surface area contributed by atoms with Crippen molar-refractivity contribution in [2.24, 2.45) is 0 Å². The number of carbonyl (C=O) groups excluding carboxylic acids is 1. The Morgan fingerprint density at radius 3 is 2.67 bits per heavy atom. The van der Waals surface area contributed by atoms with E-state index in [0.29, 0.717) is 24.4 Å². The van der Waals surface area contributed by atoms with E-state index in [4.69, 9.17) is 9.84 Å². The third kappa shape index (κ3) is 6.65. The van der Waals surface area contributed by atoms with Crippen LogP contribution >= 0.6 is 0 Å². The first kappa shape index (κ1) is 16.8. The third-order valence-corrected chi connectivity index (χ3v) is 2.96. The number of carboxylic acids is 1. The van der Waals surface area contributed by atoms with Crippen LogP contribution in [-0.2, 0) is 4.79 Å². The van der Waals surface area contributed by atoms with Gasteiger partial charge in [-0.3, -0.25) is 4.79 Å². The van der Waals surface area contributed by atoms with Gasteiger partial charge < -0.3 is 20.5 Å². The van der Waals surface area contributed by atoms with E-state index in [1.54, 1.807) is 13.2 Å². The Balaban J connectivity index is 2.31. The minimum atomic E-state index is -0.785. The zero-order valence-electron chi connectivity index (χ0n) is 12.4. The minimum absolute atomic E-state index is 0.173. The van der Waals surface area contributed by atoms with Crippen molar-refractivity contribution >= 4 is 17.7 Å². The van der Waals surface area contributed by atoms with Gasteiger partial charge in [-0.2, -0.15) is 0 Å². The van der Waals surface area contributed by atoms with Gasteiger partial charge in [0.15, 0.2) is 0 Å². The number of rotatable bonds is 8. The van der Waals surface area contributed by atoms with Crippen LogP contribution in [0.15, 0.2) is 18.2 Å². The van der Waals surface area contributed by atoms with E-state index in [0.717, 1.165) is 18.4 Å². The number of hydrogen-bond donors (Lipinski definition) is 3. The van der Waals surface area contributed by atoms with Gasteiger partial charge in [0.25, 0.3) is 0 Å². The number of anilines is 1. The van der Waals surface area contributed by atoms with Gasteiger partial charge in [-0.05, 0) is 37.5 Å². The van der Waals surface area contributed by atoms with Crippen molar-refractivity contribution < 1.29 is 19.4 Å². The van der Waals surface area contributed by atoms with Gasteiger partial charge in [0.05, 0.1) is 12.8 Å². The second kappa shape index (κ2) is 8.84. The fraction of sp³-hybridized carbons (Fsp3) is 0.467. The van der Waals surface area contributed by atoms with Crippen molar-refractivity contribution in [1.82, 2.24) is 5.32 Å². The van der Waals surface area contributed by atoms with Crippen molar-refractivity contribution in [2.45, 2.75) is 32.6 Å². The zero-order valence-corrected chi connectivity index (χ0v) is 12.4. The molecule has 21 heavy (non-hydrogen) atoms. The lowest BCUT2D eigenvalue weighted by Gasteiger charge is -2.11. The Labute approximate surface area is 124 Å². The maximum absolute atomic E-state index is 11.8. The molecule has 3 N–H and O–H groups in total. The molecule has 6 heteroatoms.